The molecule has 4 N–H and O–H groups in total. The molecule has 2 aromatic heterocycles. The molecule has 192 valence electrons. The van der Waals surface area contributed by atoms with Gasteiger partial charge < -0.3 is 30.9 Å². The van der Waals surface area contributed by atoms with Crippen LogP contribution in [-0.2, 0) is 25.8 Å². The molecule has 13 nitrogen and oxygen atoms in total. The third-order valence-electron chi connectivity index (χ3n) is 4.69. The van der Waals surface area contributed by atoms with Gasteiger partial charge in [0.05, 0.1) is 11.7 Å². The Morgan fingerprint density at radius 2 is 2.19 bits per heavy atom. The van der Waals surface area contributed by atoms with Crippen LogP contribution in [0.2, 0.25) is 0 Å². The molecule has 2 amide bonds. The number of carboxylic acid groups (broad SMARTS) is 1. The number of carbonyl (C=O) groups is 3. The second-order valence-electron chi connectivity index (χ2n) is 6.90. The fourth-order valence-electron chi connectivity index (χ4n) is 3.20. The van der Waals surface area contributed by atoms with E-state index in [4.69, 9.17) is 10.8 Å². The molecule has 1 fully saturated rings. The van der Waals surface area contributed by atoms with Crippen molar-refractivity contribution in [1.82, 2.24) is 24.6 Å². The summed E-state index contributed by atoms with van der Waals surface area (Å²) >= 11 is 4.37. The number of β-lactam (4-membered cyclic amide) rings is 1. The number of nitrogens with one attached hydrogen (secondary N) is 1. The van der Waals surface area contributed by atoms with Crippen molar-refractivity contribution in [1.29, 1.82) is 0 Å². The standard InChI is InChI=1S/C17H15F2N7O6S4.Na/c18-15(19)32-24-8(6-4-34-16(20)21-6)11(28)23-9-12(29)26-10(14(30)31)5(2-33-13(9)26)3-35-17-22-7(1-27)25-36-17;/h4,9,13,15,27H,1-3H2,(H2,20,21)(H,23,28)(H,30,31);/q;+1/p-1/t9?,13-;/m1./s1. The SMILES string of the molecule is Nc1nc(C(=NOC(F)F)C(=O)NC2C(=O)N3C(C(=O)[O-])=C(CSc4nc(CO)ns4)CS[C@H]23)cs1.[Na+]. The van der Waals surface area contributed by atoms with E-state index < -0.39 is 41.5 Å². The first-order valence-electron chi connectivity index (χ1n) is 9.68. The number of carboxylic acids is 1. The molecule has 2 atom stereocenters. The molecule has 2 aliphatic rings. The van der Waals surface area contributed by atoms with Crippen molar-refractivity contribution in [2.24, 2.45) is 5.16 Å². The van der Waals surface area contributed by atoms with Gasteiger partial charge in [-0.25, -0.2) is 9.97 Å². The molecule has 37 heavy (non-hydrogen) atoms. The third-order valence-corrected chi connectivity index (χ3v) is 8.66. The fourth-order valence-corrected chi connectivity index (χ4v) is 6.85. The molecule has 0 bridgehead atoms. The van der Waals surface area contributed by atoms with Gasteiger partial charge in [0, 0.05) is 16.9 Å². The van der Waals surface area contributed by atoms with Crippen molar-refractivity contribution in [3.63, 3.8) is 0 Å². The second-order valence-corrected chi connectivity index (χ2v) is 10.9. The molecule has 0 aromatic carbocycles. The zero-order chi connectivity index (χ0) is 26.0. The number of halogens is 2. The molecule has 0 radical (unpaired) electrons. The van der Waals surface area contributed by atoms with Gasteiger partial charge in [0.1, 0.15) is 23.7 Å². The van der Waals surface area contributed by atoms with E-state index in [1.54, 1.807) is 0 Å². The number of nitrogens with zero attached hydrogens (tertiary/aromatic N) is 5. The Bertz CT molecular complexity index is 1260. The van der Waals surface area contributed by atoms with Gasteiger partial charge >= 0.3 is 36.2 Å². The van der Waals surface area contributed by atoms with Gasteiger partial charge in [-0.2, -0.15) is 13.2 Å². The summed E-state index contributed by atoms with van der Waals surface area (Å²) in [5.41, 5.74) is 4.87. The number of fused-ring (bicyclic) bond motifs is 1. The summed E-state index contributed by atoms with van der Waals surface area (Å²) in [6.07, 6.45) is 0. The summed E-state index contributed by atoms with van der Waals surface area (Å²) < 4.78 is 29.4. The number of aliphatic hydroxyl groups excluding tert-OH is 1. The molecule has 20 heteroatoms. The second kappa shape index (κ2) is 12.8. The minimum atomic E-state index is -3.30. The van der Waals surface area contributed by atoms with Gasteiger partial charge in [-0.3, -0.25) is 14.5 Å². The number of hydrogen-bond acceptors (Lipinski definition) is 15. The van der Waals surface area contributed by atoms with Crippen LogP contribution in [0, 0.1) is 0 Å². The van der Waals surface area contributed by atoms with Gasteiger partial charge in [0.25, 0.3) is 11.8 Å². The predicted molar refractivity (Wildman–Crippen MR) is 124 cm³/mol. The average molecular weight is 602 g/mol. The molecule has 1 saturated heterocycles. The monoisotopic (exact) mass is 601 g/mol. The smallest absolute Gasteiger partial charge is 0.543 e. The van der Waals surface area contributed by atoms with Crippen molar-refractivity contribution in [3.05, 3.63) is 28.2 Å². The summed E-state index contributed by atoms with van der Waals surface area (Å²) in [6.45, 7) is -3.63. The molecule has 1 unspecified atom stereocenters. The van der Waals surface area contributed by atoms with Crippen molar-refractivity contribution >= 4 is 75.0 Å². The van der Waals surface area contributed by atoms with Gasteiger partial charge in [0.15, 0.2) is 21.0 Å². The largest absolute Gasteiger partial charge is 1.00 e. The maximum atomic E-state index is 12.8. The molecule has 4 heterocycles. The minimum absolute atomic E-state index is 0. The number of rotatable bonds is 10. The molecule has 0 aliphatic carbocycles. The minimum Gasteiger partial charge on any atom is -0.543 e. The van der Waals surface area contributed by atoms with Crippen LogP contribution in [0.3, 0.4) is 0 Å². The molecular formula is C17H14F2N7NaO6S4. The van der Waals surface area contributed by atoms with E-state index in [9.17, 15) is 28.3 Å². The number of anilines is 1. The molecule has 0 saturated carbocycles. The number of hydrogen-bond donors (Lipinski definition) is 3. The average Bonchev–Trinajstić information content (AvgIpc) is 3.49. The number of oxime groups is 1. The number of aliphatic hydroxyl groups is 1. The Labute approximate surface area is 245 Å². The topological polar surface area (TPSA) is 196 Å². The van der Waals surface area contributed by atoms with Gasteiger partial charge in [-0.1, -0.05) is 16.9 Å². The van der Waals surface area contributed by atoms with Gasteiger partial charge in [-0.15, -0.1) is 23.1 Å². The molecular weight excluding hydrogens is 587 g/mol. The van der Waals surface area contributed by atoms with Crippen molar-refractivity contribution in [2.75, 3.05) is 17.2 Å². The first kappa shape index (κ1) is 29.7. The Balaban J connectivity index is 0.00000380. The van der Waals surface area contributed by atoms with E-state index in [0.29, 0.717) is 9.91 Å². The van der Waals surface area contributed by atoms with Crippen LogP contribution in [0.4, 0.5) is 13.9 Å². The van der Waals surface area contributed by atoms with E-state index in [2.05, 4.69) is 29.7 Å². The number of nitrogens with two attached hydrogens (primary N) is 1. The number of aliphatic carboxylic acids is 1. The first-order valence-corrected chi connectivity index (χ1v) is 13.4. The third kappa shape index (κ3) is 6.59. The van der Waals surface area contributed by atoms with Crippen LogP contribution in [0.25, 0.3) is 0 Å². The maximum absolute atomic E-state index is 12.8. The number of nitrogen functional groups attached to an aromatic ring is 1. The van der Waals surface area contributed by atoms with Crippen molar-refractivity contribution in [3.8, 4) is 0 Å². The number of thiazole rings is 1. The predicted octanol–water partition coefficient (Wildman–Crippen LogP) is -3.79. The number of carbonyl (C=O) groups excluding carboxylic acids is 3. The zero-order valence-corrected chi connectivity index (χ0v) is 23.9. The summed E-state index contributed by atoms with van der Waals surface area (Å²) in [4.78, 5) is 50.3. The van der Waals surface area contributed by atoms with E-state index in [0.717, 1.165) is 27.8 Å². The van der Waals surface area contributed by atoms with E-state index in [1.165, 1.54) is 28.9 Å². The zero-order valence-electron chi connectivity index (χ0n) is 18.6. The Kier molecular flexibility index (Phi) is 10.3. The fraction of sp³-hybridized carbons (Fsp3) is 0.353. The Morgan fingerprint density at radius 1 is 1.43 bits per heavy atom. The Hall–Kier alpha value is -1.87. The first-order chi connectivity index (χ1) is 17.2. The van der Waals surface area contributed by atoms with Crippen LogP contribution in [0.15, 0.2) is 26.1 Å². The van der Waals surface area contributed by atoms with Crippen molar-refractivity contribution in [2.45, 2.75) is 29.0 Å². The maximum Gasteiger partial charge on any atom is 1.00 e. The van der Waals surface area contributed by atoms with Gasteiger partial charge in [0.2, 0.25) is 0 Å². The molecule has 2 aromatic rings. The summed E-state index contributed by atoms with van der Waals surface area (Å²) in [7, 11) is 0. The number of alkyl halides is 2. The van der Waals surface area contributed by atoms with E-state index in [-0.39, 0.29) is 70.0 Å². The summed E-state index contributed by atoms with van der Waals surface area (Å²) in [6, 6.07) is -1.16. The van der Waals surface area contributed by atoms with E-state index in [1.807, 2.05) is 0 Å². The van der Waals surface area contributed by atoms with Crippen LogP contribution in [0.5, 0.6) is 0 Å². The quantitative estimate of drug-likeness (QED) is 0.0792. The van der Waals surface area contributed by atoms with Crippen molar-refractivity contribution < 1.29 is 67.8 Å². The number of amides is 2. The van der Waals surface area contributed by atoms with Crippen LogP contribution < -0.4 is 45.7 Å². The summed E-state index contributed by atoms with van der Waals surface area (Å²) in [5, 5.41) is 27.0. The van der Waals surface area contributed by atoms with Crippen LogP contribution in [-0.4, -0.2) is 77.4 Å². The van der Waals surface area contributed by atoms with E-state index >= 15 is 0 Å². The van der Waals surface area contributed by atoms with Crippen LogP contribution in [0.1, 0.15) is 11.5 Å². The summed E-state index contributed by atoms with van der Waals surface area (Å²) in [5.74, 6) is -2.69. The normalized spacial score (nSPS) is 19.3. The molecule has 4 rings (SSSR count). The number of aromatic nitrogens is 3. The molecule has 0 spiro atoms. The van der Waals surface area contributed by atoms with Crippen LogP contribution >= 0.6 is 46.4 Å². The Morgan fingerprint density at radius 3 is 2.78 bits per heavy atom. The van der Waals surface area contributed by atoms with Gasteiger partial charge in [-0.05, 0) is 17.1 Å². The molecule has 2 aliphatic heterocycles. The number of thioether (sulfide) groups is 2.